The Bertz CT molecular complexity index is 725. The quantitative estimate of drug-likeness (QED) is 0.0623. The van der Waals surface area contributed by atoms with Crippen LogP contribution in [0.2, 0.25) is 0 Å². The van der Waals surface area contributed by atoms with E-state index in [0.717, 1.165) is 68.9 Å². The van der Waals surface area contributed by atoms with Gasteiger partial charge < -0.3 is 19.7 Å². The van der Waals surface area contributed by atoms with Gasteiger partial charge >= 0.3 is 0 Å². The fourth-order valence-electron chi connectivity index (χ4n) is 6.23. The highest BCUT2D eigenvalue weighted by molar-refractivity contribution is 5.66. The van der Waals surface area contributed by atoms with Gasteiger partial charge in [-0.2, -0.15) is 0 Å². The van der Waals surface area contributed by atoms with E-state index in [-0.39, 0.29) is 11.5 Å². The van der Waals surface area contributed by atoms with Gasteiger partial charge in [-0.25, -0.2) is 0 Å². The molecule has 1 rings (SSSR count). The van der Waals surface area contributed by atoms with E-state index in [1.807, 2.05) is 0 Å². The van der Waals surface area contributed by atoms with Crippen molar-refractivity contribution in [1.82, 2.24) is 0 Å². The van der Waals surface area contributed by atoms with E-state index in [1.165, 1.54) is 122 Å². The normalized spacial score (nSPS) is 11.4. The lowest BCUT2D eigenvalue weighted by Gasteiger charge is -2.22. The van der Waals surface area contributed by atoms with Gasteiger partial charge in [0.15, 0.2) is 11.5 Å². The van der Waals surface area contributed by atoms with Crippen LogP contribution in [0.25, 0.3) is 0 Å². The molecule has 1 aromatic carbocycles. The Morgan fingerprint density at radius 1 is 0.341 bits per heavy atom. The van der Waals surface area contributed by atoms with Gasteiger partial charge in [0.2, 0.25) is 11.5 Å². The first-order valence-electron chi connectivity index (χ1n) is 19.5. The van der Waals surface area contributed by atoms with Crippen LogP contribution in [0.5, 0.6) is 23.0 Å². The van der Waals surface area contributed by atoms with E-state index in [0.29, 0.717) is 24.7 Å². The average Bonchev–Trinajstić information content (AvgIpc) is 3.03. The van der Waals surface area contributed by atoms with Crippen LogP contribution in [0.4, 0.5) is 0 Å². The summed E-state index contributed by atoms with van der Waals surface area (Å²) in [6.07, 6.45) is 33.3. The zero-order valence-corrected chi connectivity index (χ0v) is 29.9. The zero-order valence-electron chi connectivity index (χ0n) is 29.9. The summed E-state index contributed by atoms with van der Waals surface area (Å²) in [5.41, 5.74) is 1.98. The molecule has 44 heavy (non-hydrogen) atoms. The van der Waals surface area contributed by atoms with E-state index in [9.17, 15) is 10.2 Å². The van der Waals surface area contributed by atoms with Gasteiger partial charge in [0, 0.05) is 11.1 Å². The number of benzene rings is 1. The second-order valence-electron chi connectivity index (χ2n) is 13.3. The minimum absolute atomic E-state index is 0.0267. The Hall–Kier alpha value is -1.58. The molecule has 0 bridgehead atoms. The molecule has 0 spiro atoms. The highest BCUT2D eigenvalue weighted by Gasteiger charge is 2.26. The molecule has 0 saturated carbocycles. The van der Waals surface area contributed by atoms with Crippen LogP contribution in [-0.2, 0) is 12.8 Å². The molecule has 258 valence electrons. The Labute approximate surface area is 274 Å². The highest BCUT2D eigenvalue weighted by atomic mass is 16.5. The molecule has 4 heteroatoms. The van der Waals surface area contributed by atoms with Crippen LogP contribution in [0.1, 0.15) is 206 Å². The molecule has 0 aliphatic carbocycles. The Morgan fingerprint density at radius 3 is 1.07 bits per heavy atom. The van der Waals surface area contributed by atoms with Crippen molar-refractivity contribution in [3.63, 3.8) is 0 Å². The van der Waals surface area contributed by atoms with Crippen LogP contribution in [-0.4, -0.2) is 23.4 Å². The summed E-state index contributed by atoms with van der Waals surface area (Å²) >= 11 is 0. The maximum Gasteiger partial charge on any atom is 0.207 e. The molecule has 0 aromatic heterocycles. The Morgan fingerprint density at radius 2 is 0.659 bits per heavy atom. The molecule has 0 saturated heterocycles. The van der Waals surface area contributed by atoms with Crippen LogP contribution in [0.3, 0.4) is 0 Å². The molecule has 0 atom stereocenters. The Kier molecular flexibility index (Phi) is 26.5. The van der Waals surface area contributed by atoms with Crippen molar-refractivity contribution in [3.05, 3.63) is 11.1 Å². The van der Waals surface area contributed by atoms with Crippen molar-refractivity contribution >= 4 is 0 Å². The predicted octanol–water partition coefficient (Wildman–Crippen LogP) is 13.2. The van der Waals surface area contributed by atoms with Crippen LogP contribution in [0.15, 0.2) is 0 Å². The number of phenols is 2. The highest BCUT2D eigenvalue weighted by Crippen LogP contribution is 2.50. The molecule has 0 fully saturated rings. The summed E-state index contributed by atoms with van der Waals surface area (Å²) in [6, 6.07) is 0. The van der Waals surface area contributed by atoms with Crippen molar-refractivity contribution < 1.29 is 19.7 Å². The topological polar surface area (TPSA) is 58.9 Å². The first kappa shape index (κ1) is 40.4. The second-order valence-corrected chi connectivity index (χ2v) is 13.3. The van der Waals surface area contributed by atoms with Crippen LogP contribution in [0, 0.1) is 0 Å². The van der Waals surface area contributed by atoms with E-state index >= 15 is 0 Å². The van der Waals surface area contributed by atoms with E-state index in [1.54, 1.807) is 0 Å². The summed E-state index contributed by atoms with van der Waals surface area (Å²) in [5, 5.41) is 22.7. The van der Waals surface area contributed by atoms with Gasteiger partial charge in [0.1, 0.15) is 0 Å². The summed E-state index contributed by atoms with van der Waals surface area (Å²) in [4.78, 5) is 0. The number of unbranched alkanes of at least 4 members (excludes halogenated alkanes) is 22. The minimum Gasteiger partial charge on any atom is -0.504 e. The predicted molar refractivity (Wildman–Crippen MR) is 191 cm³/mol. The minimum atomic E-state index is -0.116. The third-order valence-corrected chi connectivity index (χ3v) is 9.12. The van der Waals surface area contributed by atoms with Crippen molar-refractivity contribution in [2.75, 3.05) is 13.2 Å². The fraction of sp³-hybridized carbons (Fsp3) is 0.850. The van der Waals surface area contributed by atoms with Crippen molar-refractivity contribution in [2.45, 2.75) is 207 Å². The molecule has 0 radical (unpaired) electrons. The first-order valence-corrected chi connectivity index (χ1v) is 19.5. The third kappa shape index (κ3) is 18.4. The molecule has 0 aliphatic rings. The average molecular weight is 619 g/mol. The maximum absolute atomic E-state index is 11.4. The van der Waals surface area contributed by atoms with E-state index < -0.39 is 0 Å². The number of rotatable bonds is 32. The third-order valence-electron chi connectivity index (χ3n) is 9.12. The Balaban J connectivity index is 3.10. The van der Waals surface area contributed by atoms with E-state index in [2.05, 4.69) is 27.7 Å². The largest absolute Gasteiger partial charge is 0.504 e. The summed E-state index contributed by atoms with van der Waals surface area (Å²) in [6.45, 7) is 10.2. The second kappa shape index (κ2) is 28.9. The standard InChI is InChI=1S/C40H74O4/c1-5-9-13-17-21-23-27-31-35-36(32-28-24-22-18-14-10-6-2)39(43-33-29-25-19-15-11-7-3)40(38(42)37(35)41)44-34-30-26-20-16-12-8-4/h41-42H,5-34H2,1-4H3. The molecule has 2 N–H and O–H groups in total. The molecular weight excluding hydrogens is 544 g/mol. The number of aromatic hydroxyl groups is 2. The summed E-state index contributed by atoms with van der Waals surface area (Å²) in [7, 11) is 0. The van der Waals surface area contributed by atoms with Crippen molar-refractivity contribution in [3.8, 4) is 23.0 Å². The van der Waals surface area contributed by atoms with Crippen LogP contribution >= 0.6 is 0 Å². The van der Waals surface area contributed by atoms with Gasteiger partial charge in [0.05, 0.1) is 13.2 Å². The molecule has 0 amide bonds. The SMILES string of the molecule is CCCCCCCCCc1c(O)c(O)c(OCCCCCCCC)c(OCCCCCCCC)c1CCCCCCCCC. The number of ether oxygens (including phenoxy) is 2. The van der Waals surface area contributed by atoms with Gasteiger partial charge in [-0.05, 0) is 38.5 Å². The summed E-state index contributed by atoms with van der Waals surface area (Å²) < 4.78 is 12.8. The summed E-state index contributed by atoms with van der Waals surface area (Å²) in [5.74, 6) is 1.00. The number of hydrogen-bond donors (Lipinski definition) is 2. The van der Waals surface area contributed by atoms with Crippen molar-refractivity contribution in [1.29, 1.82) is 0 Å². The maximum atomic E-state index is 11.4. The monoisotopic (exact) mass is 619 g/mol. The first-order chi connectivity index (χ1) is 21.6. The van der Waals surface area contributed by atoms with E-state index in [4.69, 9.17) is 9.47 Å². The molecule has 0 heterocycles. The van der Waals surface area contributed by atoms with Gasteiger partial charge in [0.25, 0.3) is 0 Å². The molecule has 0 aliphatic heterocycles. The molecule has 4 nitrogen and oxygen atoms in total. The zero-order chi connectivity index (χ0) is 32.1. The fourth-order valence-corrected chi connectivity index (χ4v) is 6.23. The number of phenolic OH excluding ortho intramolecular Hbond substituents is 2. The molecular formula is C40H74O4. The lowest BCUT2D eigenvalue weighted by atomic mass is 9.93. The van der Waals surface area contributed by atoms with Crippen molar-refractivity contribution in [2.24, 2.45) is 0 Å². The smallest absolute Gasteiger partial charge is 0.207 e. The van der Waals surface area contributed by atoms with Gasteiger partial charge in [-0.3, -0.25) is 0 Å². The van der Waals surface area contributed by atoms with Gasteiger partial charge in [-0.1, -0.05) is 169 Å². The molecule has 0 unspecified atom stereocenters. The van der Waals surface area contributed by atoms with Crippen LogP contribution < -0.4 is 9.47 Å². The van der Waals surface area contributed by atoms with Gasteiger partial charge in [-0.15, -0.1) is 0 Å². The number of hydrogen-bond acceptors (Lipinski definition) is 4. The lowest BCUT2D eigenvalue weighted by molar-refractivity contribution is 0.242. The molecule has 1 aromatic rings. The lowest BCUT2D eigenvalue weighted by Crippen LogP contribution is -2.09.